The number of hydrogen-bond donors (Lipinski definition) is 1. The van der Waals surface area contributed by atoms with E-state index in [4.69, 9.17) is 0 Å². The summed E-state index contributed by atoms with van der Waals surface area (Å²) < 4.78 is 2.09. The average molecular weight is 194 g/mol. The molecular weight excluding hydrogens is 176 g/mol. The molecular formula is C10H18N4. The normalized spacial score (nSPS) is 18.2. The quantitative estimate of drug-likeness (QED) is 0.793. The lowest BCUT2D eigenvalue weighted by molar-refractivity contribution is 0.547. The van der Waals surface area contributed by atoms with Crippen LogP contribution in [0.2, 0.25) is 0 Å². The lowest BCUT2D eigenvalue weighted by Gasteiger charge is -2.12. The Balaban J connectivity index is 2.28. The van der Waals surface area contributed by atoms with Crippen LogP contribution in [0.4, 0.5) is 5.95 Å². The number of hydrogen-bond acceptors (Lipinski definition) is 3. The molecule has 0 spiro atoms. The van der Waals surface area contributed by atoms with E-state index in [9.17, 15) is 0 Å². The molecule has 1 saturated carbocycles. The van der Waals surface area contributed by atoms with Crippen LogP contribution >= 0.6 is 0 Å². The van der Waals surface area contributed by atoms with Crippen molar-refractivity contribution in [2.75, 3.05) is 12.4 Å². The number of rotatable bonds is 4. The first-order valence-corrected chi connectivity index (χ1v) is 5.31. The molecule has 1 N–H and O–H groups in total. The van der Waals surface area contributed by atoms with E-state index in [1.165, 1.54) is 25.7 Å². The van der Waals surface area contributed by atoms with Crippen molar-refractivity contribution in [1.29, 1.82) is 0 Å². The van der Waals surface area contributed by atoms with Crippen molar-refractivity contribution in [3.8, 4) is 0 Å². The highest BCUT2D eigenvalue weighted by atomic mass is 15.3. The van der Waals surface area contributed by atoms with Gasteiger partial charge in [0, 0.05) is 19.5 Å². The zero-order valence-corrected chi connectivity index (χ0v) is 9.17. The number of nitrogens with one attached hydrogen (secondary N) is 1. The Morgan fingerprint density at radius 3 is 2.57 bits per heavy atom. The van der Waals surface area contributed by atoms with Crippen molar-refractivity contribution < 1.29 is 0 Å². The predicted molar refractivity (Wildman–Crippen MR) is 56.4 cm³/mol. The Labute approximate surface area is 84.7 Å². The highest BCUT2D eigenvalue weighted by molar-refractivity contribution is 5.29. The summed E-state index contributed by atoms with van der Waals surface area (Å²) in [5.41, 5.74) is 0.353. The summed E-state index contributed by atoms with van der Waals surface area (Å²) in [5.74, 6) is 2.02. The smallest absolute Gasteiger partial charge is 0.224 e. The molecule has 1 aliphatic rings. The fourth-order valence-corrected chi connectivity index (χ4v) is 2.22. The molecule has 1 heterocycles. The van der Waals surface area contributed by atoms with Crippen LogP contribution in [0.25, 0.3) is 0 Å². The van der Waals surface area contributed by atoms with E-state index in [-0.39, 0.29) is 0 Å². The fraction of sp³-hybridized carbons (Fsp3) is 0.800. The SMILES string of the molecule is CCCC1(c2nnc(NC)n2C)CC1. The summed E-state index contributed by atoms with van der Waals surface area (Å²) in [5, 5.41) is 11.5. The van der Waals surface area contributed by atoms with Crippen molar-refractivity contribution in [3.05, 3.63) is 5.82 Å². The van der Waals surface area contributed by atoms with Crippen LogP contribution in [0.1, 0.15) is 38.4 Å². The first-order chi connectivity index (χ1) is 6.73. The second kappa shape index (κ2) is 3.26. The summed E-state index contributed by atoms with van der Waals surface area (Å²) in [4.78, 5) is 0. The Bertz CT molecular complexity index is 325. The van der Waals surface area contributed by atoms with Gasteiger partial charge in [0.2, 0.25) is 5.95 Å². The summed E-state index contributed by atoms with van der Waals surface area (Å²) in [6.45, 7) is 2.23. The maximum atomic E-state index is 4.29. The number of anilines is 1. The van der Waals surface area contributed by atoms with Gasteiger partial charge in [-0.3, -0.25) is 0 Å². The van der Waals surface area contributed by atoms with Gasteiger partial charge in [-0.05, 0) is 19.3 Å². The van der Waals surface area contributed by atoms with Crippen LogP contribution in [0.5, 0.6) is 0 Å². The second-order valence-electron chi connectivity index (χ2n) is 4.19. The molecule has 14 heavy (non-hydrogen) atoms. The molecule has 1 fully saturated rings. The first-order valence-electron chi connectivity index (χ1n) is 5.31. The van der Waals surface area contributed by atoms with Gasteiger partial charge in [-0.2, -0.15) is 0 Å². The third kappa shape index (κ3) is 1.29. The van der Waals surface area contributed by atoms with Crippen molar-refractivity contribution in [2.45, 2.75) is 38.0 Å². The van der Waals surface area contributed by atoms with E-state index in [0.717, 1.165) is 11.8 Å². The highest BCUT2D eigenvalue weighted by Gasteiger charge is 2.47. The van der Waals surface area contributed by atoms with Gasteiger partial charge < -0.3 is 9.88 Å². The van der Waals surface area contributed by atoms with Crippen LogP contribution in [0, 0.1) is 0 Å². The molecule has 0 radical (unpaired) electrons. The standard InChI is InChI=1S/C10H18N4/c1-4-5-10(6-7-10)8-12-13-9(11-2)14(8)3/h4-7H2,1-3H3,(H,11,13). The molecule has 2 rings (SSSR count). The molecule has 1 aromatic rings. The molecule has 4 heteroatoms. The number of aromatic nitrogens is 3. The Hall–Kier alpha value is -1.06. The molecule has 78 valence electrons. The third-order valence-electron chi connectivity index (χ3n) is 3.15. The van der Waals surface area contributed by atoms with Crippen LogP contribution in [-0.2, 0) is 12.5 Å². The van der Waals surface area contributed by atoms with E-state index in [1.807, 2.05) is 14.1 Å². The first kappa shape index (κ1) is 9.49. The van der Waals surface area contributed by atoms with Crippen molar-refractivity contribution in [3.63, 3.8) is 0 Å². The molecule has 0 aromatic carbocycles. The van der Waals surface area contributed by atoms with Gasteiger partial charge in [0.15, 0.2) is 0 Å². The van der Waals surface area contributed by atoms with E-state index in [2.05, 4.69) is 27.0 Å². The minimum Gasteiger partial charge on any atom is -0.357 e. The van der Waals surface area contributed by atoms with Gasteiger partial charge in [-0.25, -0.2) is 0 Å². The molecule has 1 aliphatic carbocycles. The average Bonchev–Trinajstić information content (AvgIpc) is 2.84. The van der Waals surface area contributed by atoms with Gasteiger partial charge >= 0.3 is 0 Å². The minimum absolute atomic E-state index is 0.353. The molecule has 0 bridgehead atoms. The Morgan fingerprint density at radius 1 is 1.43 bits per heavy atom. The summed E-state index contributed by atoms with van der Waals surface area (Å²) >= 11 is 0. The van der Waals surface area contributed by atoms with Crippen LogP contribution < -0.4 is 5.32 Å². The maximum Gasteiger partial charge on any atom is 0.224 e. The van der Waals surface area contributed by atoms with Gasteiger partial charge in [0.1, 0.15) is 5.82 Å². The Kier molecular flexibility index (Phi) is 2.21. The molecule has 0 aliphatic heterocycles. The summed E-state index contributed by atoms with van der Waals surface area (Å²) in [7, 11) is 3.92. The Morgan fingerprint density at radius 2 is 2.14 bits per heavy atom. The molecule has 0 amide bonds. The fourth-order valence-electron chi connectivity index (χ4n) is 2.22. The molecule has 4 nitrogen and oxygen atoms in total. The lowest BCUT2D eigenvalue weighted by atomic mass is 10.00. The van der Waals surface area contributed by atoms with Crippen LogP contribution in [-0.4, -0.2) is 21.8 Å². The van der Waals surface area contributed by atoms with Gasteiger partial charge in [0.05, 0.1) is 0 Å². The maximum absolute atomic E-state index is 4.29. The zero-order chi connectivity index (χ0) is 10.2. The summed E-state index contributed by atoms with van der Waals surface area (Å²) in [6, 6.07) is 0. The minimum atomic E-state index is 0.353. The van der Waals surface area contributed by atoms with E-state index in [0.29, 0.717) is 5.41 Å². The van der Waals surface area contributed by atoms with Gasteiger partial charge in [-0.1, -0.05) is 13.3 Å². The monoisotopic (exact) mass is 194 g/mol. The van der Waals surface area contributed by atoms with E-state index >= 15 is 0 Å². The van der Waals surface area contributed by atoms with Crippen LogP contribution in [0.15, 0.2) is 0 Å². The zero-order valence-electron chi connectivity index (χ0n) is 9.17. The molecule has 0 saturated heterocycles. The highest BCUT2D eigenvalue weighted by Crippen LogP contribution is 2.51. The molecule has 0 unspecified atom stereocenters. The van der Waals surface area contributed by atoms with Crippen molar-refractivity contribution >= 4 is 5.95 Å². The second-order valence-corrected chi connectivity index (χ2v) is 4.19. The topological polar surface area (TPSA) is 42.7 Å². The van der Waals surface area contributed by atoms with E-state index < -0.39 is 0 Å². The van der Waals surface area contributed by atoms with Crippen molar-refractivity contribution in [2.24, 2.45) is 7.05 Å². The van der Waals surface area contributed by atoms with Crippen molar-refractivity contribution in [1.82, 2.24) is 14.8 Å². The van der Waals surface area contributed by atoms with Gasteiger partial charge in [-0.15, -0.1) is 10.2 Å². The predicted octanol–water partition coefficient (Wildman–Crippen LogP) is 1.69. The molecule has 1 aromatic heterocycles. The molecule has 0 atom stereocenters. The van der Waals surface area contributed by atoms with Gasteiger partial charge in [0.25, 0.3) is 0 Å². The largest absolute Gasteiger partial charge is 0.357 e. The van der Waals surface area contributed by atoms with Crippen LogP contribution in [0.3, 0.4) is 0 Å². The lowest BCUT2D eigenvalue weighted by Crippen LogP contribution is -2.13. The number of nitrogens with zero attached hydrogens (tertiary/aromatic N) is 3. The van der Waals surface area contributed by atoms with E-state index in [1.54, 1.807) is 0 Å². The summed E-state index contributed by atoms with van der Waals surface area (Å²) in [6.07, 6.45) is 5.01. The third-order valence-corrected chi connectivity index (χ3v) is 3.15.